The highest BCUT2D eigenvalue weighted by atomic mass is 32.2. The second-order valence-electron chi connectivity index (χ2n) is 6.94. The van der Waals surface area contributed by atoms with Gasteiger partial charge in [-0.25, -0.2) is 8.42 Å². The number of benzene rings is 1. The molecule has 1 saturated heterocycles. The Bertz CT molecular complexity index is 807. The molecule has 150 valence electrons. The van der Waals surface area contributed by atoms with Crippen LogP contribution in [0, 0.1) is 10.1 Å². The van der Waals surface area contributed by atoms with Crippen LogP contribution in [-0.2, 0) is 9.84 Å². The van der Waals surface area contributed by atoms with E-state index in [0.29, 0.717) is 44.4 Å². The highest BCUT2D eigenvalue weighted by molar-refractivity contribution is 7.92. The highest BCUT2D eigenvalue weighted by Crippen LogP contribution is 2.24. The number of nitro benzene ring substituents is 1. The van der Waals surface area contributed by atoms with Crippen LogP contribution in [0.15, 0.2) is 29.3 Å². The summed E-state index contributed by atoms with van der Waals surface area (Å²) >= 11 is 0. The molecule has 1 aromatic rings. The number of hydrogen-bond acceptors (Lipinski definition) is 6. The first-order valence-corrected chi connectivity index (χ1v) is 10.6. The molecule has 1 aliphatic heterocycles. The van der Waals surface area contributed by atoms with Crippen LogP contribution in [-0.4, -0.2) is 67.4 Å². The average molecular weight is 398 g/mol. The molecule has 0 bridgehead atoms. The molecule has 0 saturated carbocycles. The Morgan fingerprint density at radius 2 is 2.07 bits per heavy atom. The van der Waals surface area contributed by atoms with Crippen LogP contribution in [0.4, 0.5) is 11.4 Å². The molecular formula is C17H27N5O4S. The molecule has 0 aliphatic carbocycles. The first kappa shape index (κ1) is 20.9. The molecule has 0 unspecified atom stereocenters. The molecule has 0 amide bonds. The van der Waals surface area contributed by atoms with Crippen molar-refractivity contribution in [3.05, 3.63) is 34.4 Å². The summed E-state index contributed by atoms with van der Waals surface area (Å²) in [7, 11) is -3.12. The Hall–Kier alpha value is -2.36. The van der Waals surface area contributed by atoms with E-state index in [4.69, 9.17) is 0 Å². The Morgan fingerprint density at radius 3 is 2.70 bits per heavy atom. The van der Waals surface area contributed by atoms with E-state index in [2.05, 4.69) is 15.6 Å². The van der Waals surface area contributed by atoms with Gasteiger partial charge in [-0.05, 0) is 26.8 Å². The third-order valence-electron chi connectivity index (χ3n) is 4.47. The van der Waals surface area contributed by atoms with Crippen molar-refractivity contribution >= 4 is 27.2 Å². The van der Waals surface area contributed by atoms with Crippen molar-refractivity contribution in [1.29, 1.82) is 0 Å². The van der Waals surface area contributed by atoms with Crippen LogP contribution in [0.5, 0.6) is 0 Å². The number of para-hydroxylation sites is 2. The number of hydrogen-bond donors (Lipinski definition) is 2. The number of aliphatic imine (C=N–C) groups is 1. The van der Waals surface area contributed by atoms with Gasteiger partial charge < -0.3 is 15.5 Å². The van der Waals surface area contributed by atoms with Crippen LogP contribution in [0.2, 0.25) is 0 Å². The molecule has 9 nitrogen and oxygen atoms in total. The van der Waals surface area contributed by atoms with Gasteiger partial charge in [0.25, 0.3) is 5.69 Å². The summed E-state index contributed by atoms with van der Waals surface area (Å²) in [4.78, 5) is 17.1. The largest absolute Gasteiger partial charge is 0.378 e. The molecule has 10 heteroatoms. The van der Waals surface area contributed by atoms with Gasteiger partial charge in [-0.2, -0.15) is 0 Å². The number of nitrogens with zero attached hydrogens (tertiary/aromatic N) is 3. The van der Waals surface area contributed by atoms with E-state index in [-0.39, 0.29) is 11.4 Å². The first-order chi connectivity index (χ1) is 12.7. The number of nitrogens with one attached hydrogen (secondary N) is 2. The lowest BCUT2D eigenvalue weighted by Gasteiger charge is -2.39. The summed E-state index contributed by atoms with van der Waals surface area (Å²) in [6.07, 6.45) is 0. The predicted molar refractivity (Wildman–Crippen MR) is 107 cm³/mol. The standard InChI is InChI=1S/C17H27N5O4S/c1-4-18-16(21-11-12-27(25,26)17(2,3)13-21)20-10-9-19-14-7-5-6-8-15(14)22(23)24/h5-8,19H,4,9-13H2,1-3H3,(H,18,20). The van der Waals surface area contributed by atoms with Gasteiger partial charge >= 0.3 is 0 Å². The van der Waals surface area contributed by atoms with Gasteiger partial charge in [0.1, 0.15) is 5.69 Å². The van der Waals surface area contributed by atoms with E-state index in [1.807, 2.05) is 11.8 Å². The van der Waals surface area contributed by atoms with Crippen molar-refractivity contribution in [3.8, 4) is 0 Å². The third kappa shape index (κ3) is 5.09. The Balaban J connectivity index is 2.01. The molecule has 1 aliphatic rings. The molecule has 1 aromatic carbocycles. The second kappa shape index (κ2) is 8.55. The highest BCUT2D eigenvalue weighted by Gasteiger charge is 2.40. The third-order valence-corrected chi connectivity index (χ3v) is 7.00. The van der Waals surface area contributed by atoms with Gasteiger partial charge in [-0.15, -0.1) is 0 Å². The zero-order chi connectivity index (χ0) is 20.1. The molecule has 27 heavy (non-hydrogen) atoms. The SMILES string of the molecule is CCNC(=NCCNc1ccccc1[N+](=O)[O-])N1CCS(=O)(=O)C(C)(C)C1. The van der Waals surface area contributed by atoms with Gasteiger partial charge in [0, 0.05) is 32.2 Å². The monoisotopic (exact) mass is 397 g/mol. The Morgan fingerprint density at radius 1 is 1.37 bits per heavy atom. The molecule has 2 rings (SSSR count). The van der Waals surface area contributed by atoms with E-state index < -0.39 is 19.5 Å². The molecule has 0 atom stereocenters. The summed E-state index contributed by atoms with van der Waals surface area (Å²) in [5.74, 6) is 0.753. The van der Waals surface area contributed by atoms with Crippen molar-refractivity contribution < 1.29 is 13.3 Å². The lowest BCUT2D eigenvalue weighted by Crippen LogP contribution is -2.57. The van der Waals surface area contributed by atoms with Crippen molar-refractivity contribution in [2.45, 2.75) is 25.5 Å². The van der Waals surface area contributed by atoms with Crippen LogP contribution in [0.25, 0.3) is 0 Å². The number of sulfone groups is 1. The van der Waals surface area contributed by atoms with Gasteiger partial charge in [-0.3, -0.25) is 15.1 Å². The zero-order valence-corrected chi connectivity index (χ0v) is 16.8. The average Bonchev–Trinajstić information content (AvgIpc) is 2.60. The topological polar surface area (TPSA) is 117 Å². The van der Waals surface area contributed by atoms with E-state index in [1.54, 1.807) is 32.0 Å². The normalized spacial score (nSPS) is 18.8. The van der Waals surface area contributed by atoms with Gasteiger partial charge in [0.15, 0.2) is 15.8 Å². The number of guanidine groups is 1. The van der Waals surface area contributed by atoms with Crippen molar-refractivity contribution in [1.82, 2.24) is 10.2 Å². The van der Waals surface area contributed by atoms with Crippen LogP contribution in [0.3, 0.4) is 0 Å². The Kier molecular flexibility index (Phi) is 6.63. The molecule has 2 N–H and O–H groups in total. The molecule has 0 radical (unpaired) electrons. The fourth-order valence-electron chi connectivity index (χ4n) is 2.89. The summed E-state index contributed by atoms with van der Waals surface area (Å²) in [5, 5.41) is 17.3. The van der Waals surface area contributed by atoms with Crippen molar-refractivity contribution in [2.24, 2.45) is 4.99 Å². The number of anilines is 1. The van der Waals surface area contributed by atoms with Gasteiger partial charge in [0.2, 0.25) is 0 Å². The maximum absolute atomic E-state index is 12.2. The molecular weight excluding hydrogens is 370 g/mol. The minimum atomic E-state index is -3.12. The summed E-state index contributed by atoms with van der Waals surface area (Å²) < 4.78 is 23.5. The predicted octanol–water partition coefficient (Wildman–Crippen LogP) is 1.48. The lowest BCUT2D eigenvalue weighted by atomic mass is 10.2. The van der Waals surface area contributed by atoms with E-state index >= 15 is 0 Å². The van der Waals surface area contributed by atoms with Crippen molar-refractivity contribution in [3.63, 3.8) is 0 Å². The number of rotatable bonds is 6. The fourth-order valence-corrected chi connectivity index (χ4v) is 4.25. The smallest absolute Gasteiger partial charge is 0.292 e. The minimum Gasteiger partial charge on any atom is -0.378 e. The maximum atomic E-state index is 12.2. The Labute approximate surface area is 159 Å². The van der Waals surface area contributed by atoms with Crippen molar-refractivity contribution in [2.75, 3.05) is 43.8 Å². The summed E-state index contributed by atoms with van der Waals surface area (Å²) in [6.45, 7) is 7.68. The lowest BCUT2D eigenvalue weighted by molar-refractivity contribution is -0.384. The fraction of sp³-hybridized carbons (Fsp3) is 0.588. The first-order valence-electron chi connectivity index (χ1n) is 8.91. The van der Waals surface area contributed by atoms with Crippen LogP contribution >= 0.6 is 0 Å². The molecule has 1 heterocycles. The van der Waals surface area contributed by atoms with E-state index in [0.717, 1.165) is 0 Å². The second-order valence-corrected chi connectivity index (χ2v) is 9.68. The quantitative estimate of drug-likeness (QED) is 0.245. The molecule has 0 spiro atoms. The minimum absolute atomic E-state index is 0.0244. The van der Waals surface area contributed by atoms with Crippen LogP contribution < -0.4 is 10.6 Å². The summed E-state index contributed by atoms with van der Waals surface area (Å²) in [6, 6.07) is 6.47. The summed E-state index contributed by atoms with van der Waals surface area (Å²) in [5.41, 5.74) is 0.476. The zero-order valence-electron chi connectivity index (χ0n) is 15.9. The van der Waals surface area contributed by atoms with E-state index in [9.17, 15) is 18.5 Å². The van der Waals surface area contributed by atoms with Crippen LogP contribution in [0.1, 0.15) is 20.8 Å². The van der Waals surface area contributed by atoms with Gasteiger partial charge in [-0.1, -0.05) is 12.1 Å². The van der Waals surface area contributed by atoms with Gasteiger partial charge in [0.05, 0.1) is 22.0 Å². The van der Waals surface area contributed by atoms with E-state index in [1.165, 1.54) is 6.07 Å². The molecule has 1 fully saturated rings. The molecule has 0 aromatic heterocycles. The maximum Gasteiger partial charge on any atom is 0.292 e. The number of nitro groups is 1.